The predicted molar refractivity (Wildman–Crippen MR) is 171 cm³/mol. The van der Waals surface area contributed by atoms with Crippen LogP contribution in [0.1, 0.15) is 11.3 Å². The molecule has 2 aromatic carbocycles. The summed E-state index contributed by atoms with van der Waals surface area (Å²) in [6.07, 6.45) is 3.12. The first-order chi connectivity index (χ1) is 21.6. The Balaban J connectivity index is 1.18. The molecular formula is C33H27ClN10. The van der Waals surface area contributed by atoms with Crippen LogP contribution in [0.3, 0.4) is 0 Å². The number of hydrogen-bond donors (Lipinski definition) is 1. The van der Waals surface area contributed by atoms with Crippen LogP contribution in [0.5, 0.6) is 0 Å². The van der Waals surface area contributed by atoms with E-state index in [2.05, 4.69) is 55.1 Å². The Morgan fingerprint density at radius 3 is 2.41 bits per heavy atom. The standard InChI is InChI=1S/C33H27ClN10/c34-27-6-2-1-4-25(27)28-11-12-29-33(40-28)44(32(41-29)26-5-3-13-37-31(26)36)24-9-7-22(8-10-24)20-42-14-16-43(17-15-42)30-18-23(19-35)38-21-39-30/h1-13,18,21H,14-17,20H2,(H2,36,37). The monoisotopic (exact) mass is 598 g/mol. The number of aromatic nitrogens is 6. The molecule has 0 saturated carbocycles. The minimum Gasteiger partial charge on any atom is -0.383 e. The van der Waals surface area contributed by atoms with Gasteiger partial charge in [-0.25, -0.2) is 24.9 Å². The zero-order chi connectivity index (χ0) is 30.0. The van der Waals surface area contributed by atoms with E-state index in [0.29, 0.717) is 28.0 Å². The van der Waals surface area contributed by atoms with Crippen molar-refractivity contribution in [1.29, 1.82) is 5.26 Å². The molecule has 1 saturated heterocycles. The van der Waals surface area contributed by atoms with E-state index in [-0.39, 0.29) is 0 Å². The summed E-state index contributed by atoms with van der Waals surface area (Å²) >= 11 is 6.53. The van der Waals surface area contributed by atoms with Gasteiger partial charge < -0.3 is 10.6 Å². The molecule has 1 fully saturated rings. The van der Waals surface area contributed by atoms with E-state index in [4.69, 9.17) is 32.6 Å². The minimum atomic E-state index is 0.382. The minimum absolute atomic E-state index is 0.382. The molecule has 0 spiro atoms. The van der Waals surface area contributed by atoms with Crippen LogP contribution in [0.15, 0.2) is 91.4 Å². The highest BCUT2D eigenvalue weighted by atomic mass is 35.5. The van der Waals surface area contributed by atoms with Gasteiger partial charge in [-0.15, -0.1) is 0 Å². The Morgan fingerprint density at radius 2 is 1.64 bits per heavy atom. The number of fused-ring (bicyclic) bond motifs is 1. The number of nitrogen functional groups attached to an aromatic ring is 1. The van der Waals surface area contributed by atoms with Crippen LogP contribution in [-0.2, 0) is 6.54 Å². The number of hydrogen-bond acceptors (Lipinski definition) is 9. The summed E-state index contributed by atoms with van der Waals surface area (Å²) in [5.74, 6) is 1.86. The molecule has 4 aromatic heterocycles. The SMILES string of the molecule is N#Cc1cc(N2CCN(Cc3ccc(-n4c(-c5cccnc5N)nc5ccc(-c6ccccc6Cl)nc54)cc3)CC2)ncn1. The summed E-state index contributed by atoms with van der Waals surface area (Å²) in [7, 11) is 0. The highest BCUT2D eigenvalue weighted by Crippen LogP contribution is 2.33. The summed E-state index contributed by atoms with van der Waals surface area (Å²) in [6, 6.07) is 27.7. The summed E-state index contributed by atoms with van der Waals surface area (Å²) in [6.45, 7) is 4.26. The number of nitriles is 1. The Labute approximate surface area is 259 Å². The van der Waals surface area contributed by atoms with Crippen molar-refractivity contribution < 1.29 is 0 Å². The topological polar surface area (TPSA) is 126 Å². The van der Waals surface area contributed by atoms with Crippen molar-refractivity contribution in [2.24, 2.45) is 0 Å². The second-order valence-corrected chi connectivity index (χ2v) is 10.9. The first-order valence-corrected chi connectivity index (χ1v) is 14.6. The second-order valence-electron chi connectivity index (χ2n) is 10.5. The van der Waals surface area contributed by atoms with Gasteiger partial charge in [-0.2, -0.15) is 5.26 Å². The smallest absolute Gasteiger partial charge is 0.165 e. The number of benzene rings is 2. The zero-order valence-corrected chi connectivity index (χ0v) is 24.4. The first kappa shape index (κ1) is 27.5. The van der Waals surface area contributed by atoms with E-state index >= 15 is 0 Å². The normalized spacial score (nSPS) is 13.7. The largest absolute Gasteiger partial charge is 0.383 e. The molecule has 0 aliphatic carbocycles. The number of rotatable bonds is 6. The van der Waals surface area contributed by atoms with Crippen molar-refractivity contribution in [3.8, 4) is 34.4 Å². The maximum Gasteiger partial charge on any atom is 0.165 e. The third-order valence-electron chi connectivity index (χ3n) is 7.80. The number of nitrogens with two attached hydrogens (primary N) is 1. The van der Waals surface area contributed by atoms with Crippen molar-refractivity contribution in [2.75, 3.05) is 36.8 Å². The first-order valence-electron chi connectivity index (χ1n) is 14.2. The van der Waals surface area contributed by atoms with E-state index in [1.54, 1.807) is 12.3 Å². The molecule has 2 N–H and O–H groups in total. The van der Waals surface area contributed by atoms with Gasteiger partial charge >= 0.3 is 0 Å². The molecule has 0 amide bonds. The summed E-state index contributed by atoms with van der Waals surface area (Å²) in [5.41, 5.74) is 12.6. The van der Waals surface area contributed by atoms with Gasteiger partial charge in [-0.3, -0.25) is 9.47 Å². The average molecular weight is 599 g/mol. The van der Waals surface area contributed by atoms with Crippen LogP contribution < -0.4 is 10.6 Å². The van der Waals surface area contributed by atoms with Gasteiger partial charge in [0.05, 0.1) is 11.3 Å². The molecule has 10 nitrogen and oxygen atoms in total. The lowest BCUT2D eigenvalue weighted by Gasteiger charge is -2.35. The number of imidazole rings is 1. The van der Waals surface area contributed by atoms with Crippen LogP contribution in [0, 0.1) is 11.3 Å². The molecular weight excluding hydrogens is 572 g/mol. The highest BCUT2D eigenvalue weighted by molar-refractivity contribution is 6.33. The number of pyridine rings is 2. The molecule has 0 radical (unpaired) electrons. The molecule has 216 valence electrons. The molecule has 11 heteroatoms. The number of halogens is 1. The third kappa shape index (κ3) is 5.30. The van der Waals surface area contributed by atoms with Crippen molar-refractivity contribution in [3.63, 3.8) is 0 Å². The number of anilines is 2. The van der Waals surface area contributed by atoms with Crippen molar-refractivity contribution >= 4 is 34.4 Å². The predicted octanol–water partition coefficient (Wildman–Crippen LogP) is 5.37. The molecule has 1 aliphatic rings. The molecule has 44 heavy (non-hydrogen) atoms. The Bertz CT molecular complexity index is 2010. The molecule has 7 rings (SSSR count). The van der Waals surface area contributed by atoms with Gasteiger partial charge in [0, 0.05) is 61.3 Å². The molecule has 0 unspecified atom stereocenters. The lowest BCUT2D eigenvalue weighted by Crippen LogP contribution is -2.46. The van der Waals surface area contributed by atoms with Crippen molar-refractivity contribution in [3.05, 3.63) is 108 Å². The van der Waals surface area contributed by atoms with Crippen LogP contribution in [-0.4, -0.2) is 60.6 Å². The third-order valence-corrected chi connectivity index (χ3v) is 8.13. The zero-order valence-electron chi connectivity index (χ0n) is 23.7. The fourth-order valence-corrected chi connectivity index (χ4v) is 5.77. The molecule has 6 aromatic rings. The van der Waals surface area contributed by atoms with Crippen molar-refractivity contribution in [1.82, 2.24) is 34.4 Å². The Hall–Kier alpha value is -5.37. The summed E-state index contributed by atoms with van der Waals surface area (Å²) in [5, 5.41) is 9.80. The van der Waals surface area contributed by atoms with Crippen LogP contribution in [0.2, 0.25) is 5.02 Å². The molecule has 5 heterocycles. The molecule has 0 bridgehead atoms. The van der Waals surface area contributed by atoms with Gasteiger partial charge in [-0.1, -0.05) is 41.9 Å². The van der Waals surface area contributed by atoms with Crippen molar-refractivity contribution in [2.45, 2.75) is 6.54 Å². The highest BCUT2D eigenvalue weighted by Gasteiger charge is 2.21. The number of nitrogens with zero attached hydrogens (tertiary/aromatic N) is 9. The average Bonchev–Trinajstić information content (AvgIpc) is 3.44. The lowest BCUT2D eigenvalue weighted by molar-refractivity contribution is 0.249. The maximum absolute atomic E-state index is 9.16. The lowest BCUT2D eigenvalue weighted by atomic mass is 10.1. The van der Waals surface area contributed by atoms with E-state index < -0.39 is 0 Å². The van der Waals surface area contributed by atoms with E-state index in [1.807, 2.05) is 53.1 Å². The second kappa shape index (κ2) is 11.7. The molecule has 0 atom stereocenters. The maximum atomic E-state index is 9.16. The fraction of sp³-hybridized carbons (Fsp3) is 0.152. The Morgan fingerprint density at radius 1 is 0.841 bits per heavy atom. The molecule has 1 aliphatic heterocycles. The van der Waals surface area contributed by atoms with Gasteiger partial charge in [-0.05, 0) is 48.0 Å². The van der Waals surface area contributed by atoms with Crippen LogP contribution in [0.4, 0.5) is 11.6 Å². The summed E-state index contributed by atoms with van der Waals surface area (Å²) < 4.78 is 2.03. The van der Waals surface area contributed by atoms with E-state index in [0.717, 1.165) is 66.6 Å². The van der Waals surface area contributed by atoms with Gasteiger partial charge in [0.2, 0.25) is 0 Å². The quantitative estimate of drug-likeness (QED) is 0.269. The van der Waals surface area contributed by atoms with E-state index in [9.17, 15) is 0 Å². The number of piperazine rings is 1. The van der Waals surface area contributed by atoms with E-state index in [1.165, 1.54) is 11.9 Å². The van der Waals surface area contributed by atoms with Gasteiger partial charge in [0.25, 0.3) is 0 Å². The van der Waals surface area contributed by atoms with Crippen LogP contribution in [0.25, 0.3) is 39.5 Å². The Kier molecular flexibility index (Phi) is 7.32. The van der Waals surface area contributed by atoms with Crippen LogP contribution >= 0.6 is 11.6 Å². The van der Waals surface area contributed by atoms with Gasteiger partial charge in [0.1, 0.15) is 35.2 Å². The fourth-order valence-electron chi connectivity index (χ4n) is 5.53. The summed E-state index contributed by atoms with van der Waals surface area (Å²) in [4.78, 5) is 27.2. The van der Waals surface area contributed by atoms with Gasteiger partial charge in [0.15, 0.2) is 11.5 Å².